The zero-order valence-corrected chi connectivity index (χ0v) is 5.13. The van der Waals surface area contributed by atoms with Crippen molar-refractivity contribution in [1.29, 1.82) is 0 Å². The lowest BCUT2D eigenvalue weighted by Gasteiger charge is -1.95. The van der Waals surface area contributed by atoms with E-state index in [2.05, 4.69) is 0 Å². The molecule has 1 aliphatic rings. The molecule has 1 aliphatic carbocycles. The zero-order valence-electron chi connectivity index (χ0n) is 5.13. The van der Waals surface area contributed by atoms with Gasteiger partial charge in [-0.25, -0.2) is 0 Å². The lowest BCUT2D eigenvalue weighted by Crippen LogP contribution is -2.19. The molecule has 2 heteroatoms. The smallest absolute Gasteiger partial charge is 0.0938 e. The Hall–Kier alpha value is -0.760. The second kappa shape index (κ2) is 1.61. The van der Waals surface area contributed by atoms with E-state index in [1.807, 2.05) is 0 Å². The van der Waals surface area contributed by atoms with E-state index in [4.69, 9.17) is 10.2 Å². The van der Waals surface area contributed by atoms with Crippen LogP contribution < -0.4 is 5.73 Å². The maximum atomic E-state index is 5.69. The third kappa shape index (κ3) is 0.669. The van der Waals surface area contributed by atoms with E-state index in [0.29, 0.717) is 6.04 Å². The first-order chi connectivity index (χ1) is 4.36. The summed E-state index contributed by atoms with van der Waals surface area (Å²) in [6, 6.07) is 0.339. The van der Waals surface area contributed by atoms with Gasteiger partial charge in [0.1, 0.15) is 0 Å². The second-order valence-electron chi connectivity index (χ2n) is 2.59. The van der Waals surface area contributed by atoms with Crippen molar-refractivity contribution in [3.8, 4) is 0 Å². The predicted octanol–water partition coefficient (Wildman–Crippen LogP) is 0.706. The fraction of sp³-hybridized carbons (Fsp3) is 0.429. The first kappa shape index (κ1) is 5.06. The fourth-order valence-corrected chi connectivity index (χ4v) is 1.35. The van der Waals surface area contributed by atoms with Crippen LogP contribution in [0.5, 0.6) is 0 Å². The summed E-state index contributed by atoms with van der Waals surface area (Å²) in [7, 11) is 0. The van der Waals surface area contributed by atoms with Crippen LogP contribution in [-0.2, 0) is 12.8 Å². The van der Waals surface area contributed by atoms with Crippen molar-refractivity contribution in [3.05, 3.63) is 23.7 Å². The van der Waals surface area contributed by atoms with Crippen molar-refractivity contribution in [2.45, 2.75) is 18.9 Å². The molecule has 2 N–H and O–H groups in total. The van der Waals surface area contributed by atoms with Crippen molar-refractivity contribution >= 4 is 0 Å². The molecule has 2 nitrogen and oxygen atoms in total. The minimum atomic E-state index is 0.339. The van der Waals surface area contributed by atoms with E-state index in [1.54, 1.807) is 12.5 Å². The summed E-state index contributed by atoms with van der Waals surface area (Å²) in [5.41, 5.74) is 8.28. The Labute approximate surface area is 53.7 Å². The zero-order chi connectivity index (χ0) is 6.27. The number of hydrogen-bond donors (Lipinski definition) is 1. The Kier molecular flexibility index (Phi) is 0.904. The first-order valence-electron chi connectivity index (χ1n) is 3.16. The van der Waals surface area contributed by atoms with Crippen LogP contribution in [0.25, 0.3) is 0 Å². The molecule has 0 bridgehead atoms. The van der Waals surface area contributed by atoms with E-state index in [0.717, 1.165) is 12.8 Å². The van der Waals surface area contributed by atoms with Gasteiger partial charge < -0.3 is 10.2 Å². The second-order valence-corrected chi connectivity index (χ2v) is 2.59. The number of hydrogen-bond acceptors (Lipinski definition) is 2. The highest BCUT2D eigenvalue weighted by Gasteiger charge is 2.18. The molecule has 48 valence electrons. The summed E-state index contributed by atoms with van der Waals surface area (Å²) < 4.78 is 4.98. The SMILES string of the molecule is NC1Cc2cocc2C1. The van der Waals surface area contributed by atoms with E-state index in [-0.39, 0.29) is 0 Å². The highest BCUT2D eigenvalue weighted by atomic mass is 16.3. The van der Waals surface area contributed by atoms with Crippen LogP contribution >= 0.6 is 0 Å². The summed E-state index contributed by atoms with van der Waals surface area (Å²) in [5.74, 6) is 0. The maximum Gasteiger partial charge on any atom is 0.0938 e. The van der Waals surface area contributed by atoms with Crippen LogP contribution in [0.15, 0.2) is 16.9 Å². The molecule has 9 heavy (non-hydrogen) atoms. The minimum absolute atomic E-state index is 0.339. The van der Waals surface area contributed by atoms with Gasteiger partial charge in [-0.2, -0.15) is 0 Å². The highest BCUT2D eigenvalue weighted by Crippen LogP contribution is 2.21. The van der Waals surface area contributed by atoms with Crippen molar-refractivity contribution in [2.75, 3.05) is 0 Å². The lowest BCUT2D eigenvalue weighted by atomic mass is 10.2. The van der Waals surface area contributed by atoms with E-state index < -0.39 is 0 Å². The molecule has 0 spiro atoms. The summed E-state index contributed by atoms with van der Waals surface area (Å²) in [6.07, 6.45) is 5.57. The van der Waals surface area contributed by atoms with E-state index in [1.165, 1.54) is 11.1 Å². The third-order valence-electron chi connectivity index (χ3n) is 1.80. The third-order valence-corrected chi connectivity index (χ3v) is 1.80. The molecule has 0 saturated heterocycles. The van der Waals surface area contributed by atoms with Gasteiger partial charge >= 0.3 is 0 Å². The Morgan fingerprint density at radius 2 is 1.89 bits per heavy atom. The van der Waals surface area contributed by atoms with Crippen LogP contribution in [-0.4, -0.2) is 6.04 Å². The quantitative estimate of drug-likeness (QED) is 0.551. The van der Waals surface area contributed by atoms with Gasteiger partial charge in [0.2, 0.25) is 0 Å². The Bertz CT molecular complexity index is 196. The monoisotopic (exact) mass is 123 g/mol. The van der Waals surface area contributed by atoms with Crippen molar-refractivity contribution in [3.63, 3.8) is 0 Å². The molecule has 0 radical (unpaired) electrons. The van der Waals surface area contributed by atoms with Crippen LogP contribution in [0.4, 0.5) is 0 Å². The van der Waals surface area contributed by atoms with Crippen molar-refractivity contribution < 1.29 is 4.42 Å². The molecule has 1 heterocycles. The Morgan fingerprint density at radius 1 is 1.33 bits per heavy atom. The standard InChI is InChI=1S/C7H9NO/c8-7-1-5-3-9-4-6(5)2-7/h3-4,7H,1-2,8H2. The van der Waals surface area contributed by atoms with E-state index in [9.17, 15) is 0 Å². The van der Waals surface area contributed by atoms with Gasteiger partial charge in [-0.15, -0.1) is 0 Å². The van der Waals surface area contributed by atoms with Gasteiger partial charge in [-0.1, -0.05) is 0 Å². The largest absolute Gasteiger partial charge is 0.472 e. The lowest BCUT2D eigenvalue weighted by molar-refractivity contribution is 0.550. The Morgan fingerprint density at radius 3 is 2.44 bits per heavy atom. The molecular weight excluding hydrogens is 114 g/mol. The average molecular weight is 123 g/mol. The summed E-state index contributed by atoms with van der Waals surface area (Å²) in [4.78, 5) is 0. The van der Waals surface area contributed by atoms with Crippen molar-refractivity contribution in [2.24, 2.45) is 5.73 Å². The van der Waals surface area contributed by atoms with Gasteiger partial charge in [0.05, 0.1) is 12.5 Å². The van der Waals surface area contributed by atoms with Gasteiger partial charge in [0.25, 0.3) is 0 Å². The molecule has 0 unspecified atom stereocenters. The van der Waals surface area contributed by atoms with Gasteiger partial charge in [0, 0.05) is 6.04 Å². The fourth-order valence-electron chi connectivity index (χ4n) is 1.35. The summed E-state index contributed by atoms with van der Waals surface area (Å²) >= 11 is 0. The molecule has 0 aliphatic heterocycles. The maximum absolute atomic E-state index is 5.69. The minimum Gasteiger partial charge on any atom is -0.472 e. The average Bonchev–Trinajstić information content (AvgIpc) is 2.22. The first-order valence-corrected chi connectivity index (χ1v) is 3.16. The molecule has 0 fully saturated rings. The highest BCUT2D eigenvalue weighted by molar-refractivity contribution is 5.28. The van der Waals surface area contributed by atoms with Crippen LogP contribution in [0.3, 0.4) is 0 Å². The van der Waals surface area contributed by atoms with Gasteiger partial charge in [-0.3, -0.25) is 0 Å². The molecule has 0 saturated carbocycles. The molecule has 0 amide bonds. The molecule has 1 aromatic heterocycles. The van der Waals surface area contributed by atoms with Crippen LogP contribution in [0.1, 0.15) is 11.1 Å². The number of nitrogens with two attached hydrogens (primary N) is 1. The van der Waals surface area contributed by atoms with Gasteiger partial charge in [0.15, 0.2) is 0 Å². The number of rotatable bonds is 0. The molecule has 1 aromatic rings. The van der Waals surface area contributed by atoms with Crippen molar-refractivity contribution in [1.82, 2.24) is 0 Å². The molecule has 0 atom stereocenters. The Balaban J connectivity index is 2.39. The van der Waals surface area contributed by atoms with Gasteiger partial charge in [-0.05, 0) is 24.0 Å². The molecular formula is C7H9NO. The molecule has 0 aromatic carbocycles. The van der Waals surface area contributed by atoms with Crippen LogP contribution in [0.2, 0.25) is 0 Å². The van der Waals surface area contributed by atoms with Crippen LogP contribution in [0, 0.1) is 0 Å². The number of fused-ring (bicyclic) bond motifs is 1. The predicted molar refractivity (Wildman–Crippen MR) is 34.1 cm³/mol. The van der Waals surface area contributed by atoms with E-state index >= 15 is 0 Å². The topological polar surface area (TPSA) is 39.2 Å². The summed E-state index contributed by atoms with van der Waals surface area (Å²) in [5, 5.41) is 0. The molecule has 2 rings (SSSR count). The summed E-state index contributed by atoms with van der Waals surface area (Å²) in [6.45, 7) is 0. The number of furan rings is 1. The normalized spacial score (nSPS) is 18.3.